The number of morpholine rings is 1. The molecule has 0 radical (unpaired) electrons. The van der Waals surface area contributed by atoms with Gasteiger partial charge in [-0.15, -0.1) is 0 Å². The number of hydrogen-bond acceptors (Lipinski definition) is 4. The lowest BCUT2D eigenvalue weighted by Gasteiger charge is -2.31. The van der Waals surface area contributed by atoms with Crippen LogP contribution in [0.4, 0.5) is 4.39 Å². The van der Waals surface area contributed by atoms with Crippen molar-refractivity contribution in [3.05, 3.63) is 65.5 Å². The molecule has 0 unspecified atom stereocenters. The van der Waals surface area contributed by atoms with E-state index in [-0.39, 0.29) is 24.1 Å². The van der Waals surface area contributed by atoms with E-state index in [4.69, 9.17) is 9.47 Å². The molecule has 1 fully saturated rings. The number of ether oxygens (including phenoxy) is 2. The predicted octanol–water partition coefficient (Wildman–Crippen LogP) is 2.57. The first-order chi connectivity index (χ1) is 13.2. The molecule has 144 valence electrons. The van der Waals surface area contributed by atoms with Gasteiger partial charge in [0.25, 0.3) is 0 Å². The van der Waals surface area contributed by atoms with Gasteiger partial charge in [-0.1, -0.05) is 36.4 Å². The van der Waals surface area contributed by atoms with E-state index < -0.39 is 5.82 Å². The van der Waals surface area contributed by atoms with Crippen molar-refractivity contribution >= 4 is 5.91 Å². The summed E-state index contributed by atoms with van der Waals surface area (Å²) >= 11 is 0. The molecule has 6 heteroatoms. The summed E-state index contributed by atoms with van der Waals surface area (Å²) in [6.45, 7) is 3.84. The normalized spacial score (nSPS) is 15.9. The lowest BCUT2D eigenvalue weighted by atomic mass is 10.0. The highest BCUT2D eigenvalue weighted by atomic mass is 19.1. The summed E-state index contributed by atoms with van der Waals surface area (Å²) in [7, 11) is 1.42. The summed E-state index contributed by atoms with van der Waals surface area (Å²) in [4.78, 5) is 14.9. The summed E-state index contributed by atoms with van der Waals surface area (Å²) in [6.07, 6.45) is 0.118. The van der Waals surface area contributed by atoms with Gasteiger partial charge in [-0.05, 0) is 23.3 Å². The van der Waals surface area contributed by atoms with Gasteiger partial charge in [-0.25, -0.2) is 4.39 Å². The van der Waals surface area contributed by atoms with Gasteiger partial charge in [0.05, 0.1) is 32.8 Å². The summed E-state index contributed by atoms with van der Waals surface area (Å²) < 4.78 is 24.2. The topological polar surface area (TPSA) is 50.8 Å². The zero-order chi connectivity index (χ0) is 19.1. The Morgan fingerprint density at radius 3 is 2.63 bits per heavy atom. The van der Waals surface area contributed by atoms with E-state index in [1.54, 1.807) is 12.1 Å². The number of nitrogens with one attached hydrogen (secondary N) is 1. The average Bonchev–Trinajstić information content (AvgIpc) is 2.69. The fourth-order valence-electron chi connectivity index (χ4n) is 3.21. The van der Waals surface area contributed by atoms with Gasteiger partial charge in [0, 0.05) is 19.6 Å². The van der Waals surface area contributed by atoms with Gasteiger partial charge >= 0.3 is 0 Å². The molecule has 1 heterocycles. The molecule has 1 atom stereocenters. The molecule has 5 nitrogen and oxygen atoms in total. The van der Waals surface area contributed by atoms with Crippen molar-refractivity contribution in [2.45, 2.75) is 12.5 Å². The lowest BCUT2D eigenvalue weighted by Crippen LogP contribution is -2.43. The van der Waals surface area contributed by atoms with Gasteiger partial charge in [0.15, 0.2) is 11.6 Å². The summed E-state index contributed by atoms with van der Waals surface area (Å²) in [6, 6.07) is 14.4. The Bertz CT molecular complexity index is 748. The van der Waals surface area contributed by atoms with Crippen LogP contribution in [0.5, 0.6) is 5.75 Å². The fraction of sp³-hybridized carbons (Fsp3) is 0.381. The first kappa shape index (κ1) is 19.3. The fourth-order valence-corrected chi connectivity index (χ4v) is 3.21. The molecular formula is C21H25FN2O3. The van der Waals surface area contributed by atoms with Crippen molar-refractivity contribution in [2.24, 2.45) is 0 Å². The third kappa shape index (κ3) is 5.52. The zero-order valence-corrected chi connectivity index (χ0v) is 15.5. The summed E-state index contributed by atoms with van der Waals surface area (Å²) in [5.74, 6) is -0.425. The maximum atomic E-state index is 13.9. The van der Waals surface area contributed by atoms with E-state index >= 15 is 0 Å². The van der Waals surface area contributed by atoms with Crippen LogP contribution in [0.25, 0.3) is 0 Å². The highest BCUT2D eigenvalue weighted by Crippen LogP contribution is 2.19. The minimum Gasteiger partial charge on any atom is -0.494 e. The van der Waals surface area contributed by atoms with Crippen molar-refractivity contribution in [3.8, 4) is 5.75 Å². The molecule has 0 aliphatic carbocycles. The first-order valence-corrected chi connectivity index (χ1v) is 9.12. The number of nitrogens with zero attached hydrogens (tertiary/aromatic N) is 1. The highest BCUT2D eigenvalue weighted by Gasteiger charge is 2.20. The molecule has 0 aromatic heterocycles. The number of methoxy groups -OCH3 is 1. The maximum Gasteiger partial charge on any atom is 0.224 e. The van der Waals surface area contributed by atoms with Crippen molar-refractivity contribution in [1.82, 2.24) is 10.2 Å². The third-order valence-corrected chi connectivity index (χ3v) is 4.66. The van der Waals surface area contributed by atoms with Crippen LogP contribution in [0.15, 0.2) is 48.5 Å². The van der Waals surface area contributed by atoms with Crippen molar-refractivity contribution in [1.29, 1.82) is 0 Å². The Morgan fingerprint density at radius 1 is 1.22 bits per heavy atom. The van der Waals surface area contributed by atoms with Crippen molar-refractivity contribution in [3.63, 3.8) is 0 Å². The van der Waals surface area contributed by atoms with Gasteiger partial charge in [-0.2, -0.15) is 0 Å². The largest absolute Gasteiger partial charge is 0.494 e. The predicted molar refractivity (Wildman–Crippen MR) is 101 cm³/mol. The van der Waals surface area contributed by atoms with Crippen molar-refractivity contribution in [2.75, 3.05) is 40.0 Å². The lowest BCUT2D eigenvalue weighted by molar-refractivity contribution is -0.121. The Balaban J connectivity index is 1.67. The van der Waals surface area contributed by atoms with E-state index in [1.807, 2.05) is 30.3 Å². The molecule has 0 saturated carbocycles. The minimum absolute atomic E-state index is 0.118. The van der Waals surface area contributed by atoms with Gasteiger partial charge in [-0.3, -0.25) is 9.69 Å². The second-order valence-electron chi connectivity index (χ2n) is 6.59. The smallest absolute Gasteiger partial charge is 0.224 e. The van der Waals surface area contributed by atoms with Crippen LogP contribution >= 0.6 is 0 Å². The van der Waals surface area contributed by atoms with Crippen molar-refractivity contribution < 1.29 is 18.7 Å². The van der Waals surface area contributed by atoms with Gasteiger partial charge < -0.3 is 14.8 Å². The molecule has 1 N–H and O–H groups in total. The monoisotopic (exact) mass is 372 g/mol. The number of hydrogen-bond donors (Lipinski definition) is 1. The van der Waals surface area contributed by atoms with Crippen LogP contribution in [0, 0.1) is 5.82 Å². The van der Waals surface area contributed by atoms with Crippen LogP contribution < -0.4 is 10.1 Å². The van der Waals surface area contributed by atoms with Crippen LogP contribution in [0.2, 0.25) is 0 Å². The third-order valence-electron chi connectivity index (χ3n) is 4.66. The SMILES string of the molecule is COc1ccc(CC(=O)N[C@@H](CN2CCOCC2)c2ccccc2)cc1F. The molecular weight excluding hydrogens is 347 g/mol. The molecule has 2 aromatic carbocycles. The van der Waals surface area contributed by atoms with Crippen LogP contribution in [0.1, 0.15) is 17.2 Å². The Labute approximate surface area is 159 Å². The second kappa shape index (κ2) is 9.48. The number of carbonyl (C=O) groups excluding carboxylic acids is 1. The quantitative estimate of drug-likeness (QED) is 0.812. The molecule has 1 saturated heterocycles. The van der Waals surface area contributed by atoms with E-state index in [1.165, 1.54) is 13.2 Å². The number of benzene rings is 2. The maximum absolute atomic E-state index is 13.9. The van der Waals surface area contributed by atoms with E-state index in [0.29, 0.717) is 18.8 Å². The first-order valence-electron chi connectivity index (χ1n) is 9.12. The molecule has 1 aliphatic rings. The molecule has 0 bridgehead atoms. The average molecular weight is 372 g/mol. The van der Waals surface area contributed by atoms with Crippen LogP contribution in [0.3, 0.4) is 0 Å². The summed E-state index contributed by atoms with van der Waals surface area (Å²) in [5.41, 5.74) is 1.67. The van der Waals surface area contributed by atoms with Gasteiger partial charge in [0.2, 0.25) is 5.91 Å². The number of halogens is 1. The summed E-state index contributed by atoms with van der Waals surface area (Å²) in [5, 5.41) is 3.10. The molecule has 27 heavy (non-hydrogen) atoms. The Kier molecular flexibility index (Phi) is 6.79. The molecule has 2 aromatic rings. The number of carbonyl (C=O) groups is 1. The molecule has 1 aliphatic heterocycles. The Hall–Kier alpha value is -2.44. The molecule has 1 amide bonds. The van der Waals surface area contributed by atoms with E-state index in [2.05, 4.69) is 10.2 Å². The highest BCUT2D eigenvalue weighted by molar-refractivity contribution is 5.79. The minimum atomic E-state index is -0.462. The van der Waals surface area contributed by atoms with Crippen LogP contribution in [-0.2, 0) is 16.0 Å². The standard InChI is InChI=1S/C21H25FN2O3/c1-26-20-8-7-16(13-18(20)22)14-21(25)23-19(17-5-3-2-4-6-17)15-24-9-11-27-12-10-24/h2-8,13,19H,9-12,14-15H2,1H3,(H,23,25)/t19-/m0/s1. The van der Waals surface area contributed by atoms with Gasteiger partial charge in [0.1, 0.15) is 0 Å². The Morgan fingerprint density at radius 2 is 1.96 bits per heavy atom. The zero-order valence-electron chi connectivity index (χ0n) is 15.5. The molecule has 0 spiro atoms. The number of amides is 1. The van der Waals surface area contributed by atoms with E-state index in [9.17, 15) is 9.18 Å². The van der Waals surface area contributed by atoms with E-state index in [0.717, 1.165) is 25.2 Å². The second-order valence-corrected chi connectivity index (χ2v) is 6.59. The number of rotatable bonds is 7. The molecule has 3 rings (SSSR count). The van der Waals surface area contributed by atoms with Crippen LogP contribution in [-0.4, -0.2) is 50.8 Å².